The highest BCUT2D eigenvalue weighted by atomic mass is 14.9. The van der Waals surface area contributed by atoms with E-state index < -0.39 is 5.41 Å². The first-order valence-corrected chi connectivity index (χ1v) is 17.1. The van der Waals surface area contributed by atoms with Crippen LogP contribution < -0.4 is 0 Å². The van der Waals surface area contributed by atoms with Crippen LogP contribution in [0, 0.1) is 0 Å². The van der Waals surface area contributed by atoms with E-state index in [-0.39, 0.29) is 0 Å². The summed E-state index contributed by atoms with van der Waals surface area (Å²) in [5.74, 6) is 0.636. The summed E-state index contributed by atoms with van der Waals surface area (Å²) in [4.78, 5) is 10.4. The summed E-state index contributed by atoms with van der Waals surface area (Å²) < 4.78 is 0. The van der Waals surface area contributed by atoms with Crippen LogP contribution >= 0.6 is 0 Å². The van der Waals surface area contributed by atoms with Crippen LogP contribution in [-0.2, 0) is 5.41 Å². The zero-order valence-electron chi connectivity index (χ0n) is 27.8. The molecule has 0 aromatic heterocycles. The van der Waals surface area contributed by atoms with E-state index in [0.29, 0.717) is 11.5 Å². The topological polar surface area (TPSA) is 24.7 Å². The molecular weight excluding hydrogens is 605 g/mol. The predicted molar refractivity (Wildman–Crippen MR) is 209 cm³/mol. The number of hydrogen-bond acceptors (Lipinski definition) is 1. The molecule has 0 bridgehead atoms. The average Bonchev–Trinajstić information content (AvgIpc) is 3.65. The normalized spacial score (nSPS) is 13.8. The highest BCUT2D eigenvalue weighted by Crippen LogP contribution is 2.62. The Morgan fingerprint density at radius 1 is 0.420 bits per heavy atom. The molecule has 7 aromatic carbocycles. The fraction of sp³-hybridized carbons (Fsp3) is 0.0417. The van der Waals surface area contributed by atoms with E-state index in [1.807, 2.05) is 36.4 Å². The standard InChI is InChI=1S/C48H34N2/c1-32(34-15-5-3-6-16-34)49-47(50-33(2)35-25-27-37(28-26-35)36-17-7-4-8-18-36)38-29-30-42-41-21-11-14-24-45(41)48(46(42)31-38)43-22-12-9-19-39(43)40-20-10-13-23-44(40)48/h3-31H,1H2,2H3. The Balaban J connectivity index is 1.23. The molecule has 2 nitrogen and oxygen atoms in total. The summed E-state index contributed by atoms with van der Waals surface area (Å²) >= 11 is 0. The first kappa shape index (κ1) is 29.7. The van der Waals surface area contributed by atoms with Crippen molar-refractivity contribution in [1.82, 2.24) is 0 Å². The molecule has 2 aliphatic rings. The first-order valence-electron chi connectivity index (χ1n) is 17.1. The zero-order chi connectivity index (χ0) is 33.7. The number of hydrogen-bond donors (Lipinski definition) is 0. The van der Waals surface area contributed by atoms with E-state index in [2.05, 4.69) is 153 Å². The van der Waals surface area contributed by atoms with Crippen molar-refractivity contribution < 1.29 is 0 Å². The molecule has 9 rings (SSSR count). The van der Waals surface area contributed by atoms with E-state index in [1.165, 1.54) is 55.6 Å². The van der Waals surface area contributed by atoms with Gasteiger partial charge in [-0.2, -0.15) is 0 Å². The molecule has 50 heavy (non-hydrogen) atoms. The van der Waals surface area contributed by atoms with E-state index >= 15 is 0 Å². The van der Waals surface area contributed by atoms with Crippen LogP contribution in [0.5, 0.6) is 0 Å². The molecule has 0 saturated carbocycles. The summed E-state index contributed by atoms with van der Waals surface area (Å²) in [6, 6.07) is 62.7. The Kier molecular flexibility index (Phi) is 7.10. The number of benzene rings is 7. The number of nitrogens with zero attached hydrogens (tertiary/aromatic N) is 2. The van der Waals surface area contributed by atoms with Gasteiger partial charge in [-0.1, -0.05) is 176 Å². The van der Waals surface area contributed by atoms with Gasteiger partial charge in [-0.3, -0.25) is 0 Å². The van der Waals surface area contributed by atoms with Crippen molar-refractivity contribution in [2.45, 2.75) is 12.3 Å². The molecule has 0 unspecified atom stereocenters. The van der Waals surface area contributed by atoms with Gasteiger partial charge < -0.3 is 0 Å². The Morgan fingerprint density at radius 3 is 1.46 bits per heavy atom. The molecule has 0 amide bonds. The second kappa shape index (κ2) is 11.9. The highest BCUT2D eigenvalue weighted by molar-refractivity contribution is 6.13. The molecule has 2 heteroatoms. The molecule has 2 aliphatic carbocycles. The SMILES string of the molecule is C=C(N=C(N=C(C)c1ccc(-c2ccccc2)cc1)c1ccc2c(c1)C1(c3ccccc3-c3ccccc31)c1ccccc1-2)c1ccccc1. The van der Waals surface area contributed by atoms with Gasteiger partial charge in [0.1, 0.15) is 0 Å². The summed E-state index contributed by atoms with van der Waals surface area (Å²) in [5.41, 5.74) is 16.7. The van der Waals surface area contributed by atoms with Crippen molar-refractivity contribution in [2.75, 3.05) is 0 Å². The third-order valence-electron chi connectivity index (χ3n) is 10.3. The lowest BCUT2D eigenvalue weighted by Crippen LogP contribution is -2.26. The van der Waals surface area contributed by atoms with Crippen LogP contribution in [-0.4, -0.2) is 11.5 Å². The summed E-state index contributed by atoms with van der Waals surface area (Å²) in [7, 11) is 0. The van der Waals surface area contributed by atoms with Gasteiger partial charge in [0, 0.05) is 11.3 Å². The molecule has 0 N–H and O–H groups in total. The first-order chi connectivity index (χ1) is 24.6. The molecule has 0 heterocycles. The second-order valence-electron chi connectivity index (χ2n) is 13.0. The van der Waals surface area contributed by atoms with Gasteiger partial charge in [0.2, 0.25) is 0 Å². The summed E-state index contributed by atoms with van der Waals surface area (Å²) in [6.45, 7) is 6.46. The molecule has 0 saturated heterocycles. The molecule has 0 radical (unpaired) electrons. The number of fused-ring (bicyclic) bond motifs is 10. The highest BCUT2D eigenvalue weighted by Gasteiger charge is 2.51. The predicted octanol–water partition coefficient (Wildman–Crippen LogP) is 11.6. The molecular formula is C48H34N2. The maximum Gasteiger partial charge on any atom is 0.160 e. The van der Waals surface area contributed by atoms with Crippen LogP contribution in [0.1, 0.15) is 45.9 Å². The van der Waals surface area contributed by atoms with Crippen molar-refractivity contribution in [3.8, 4) is 33.4 Å². The van der Waals surface area contributed by atoms with Crippen molar-refractivity contribution in [3.05, 3.63) is 221 Å². The third-order valence-corrected chi connectivity index (χ3v) is 10.3. The molecule has 0 atom stereocenters. The molecule has 0 fully saturated rings. The monoisotopic (exact) mass is 638 g/mol. The van der Waals surface area contributed by atoms with Gasteiger partial charge in [0.05, 0.1) is 11.1 Å². The molecule has 1 spiro atoms. The van der Waals surface area contributed by atoms with Gasteiger partial charge in [-0.15, -0.1) is 0 Å². The lowest BCUT2D eigenvalue weighted by molar-refractivity contribution is 0.793. The Hall–Kier alpha value is -6.38. The summed E-state index contributed by atoms with van der Waals surface area (Å²) in [5, 5.41) is 0. The van der Waals surface area contributed by atoms with Gasteiger partial charge >= 0.3 is 0 Å². The van der Waals surface area contributed by atoms with E-state index in [9.17, 15) is 0 Å². The zero-order valence-corrected chi connectivity index (χ0v) is 27.8. The van der Waals surface area contributed by atoms with Crippen molar-refractivity contribution >= 4 is 17.2 Å². The second-order valence-corrected chi connectivity index (χ2v) is 13.0. The third kappa shape index (κ3) is 4.64. The minimum absolute atomic E-state index is 0.442. The maximum absolute atomic E-state index is 5.27. The van der Waals surface area contributed by atoms with E-state index in [1.54, 1.807) is 0 Å². The van der Waals surface area contributed by atoms with E-state index in [0.717, 1.165) is 22.4 Å². The van der Waals surface area contributed by atoms with Gasteiger partial charge in [-0.25, -0.2) is 9.98 Å². The Morgan fingerprint density at radius 2 is 0.880 bits per heavy atom. The smallest absolute Gasteiger partial charge is 0.160 e. The number of aliphatic imine (C=N–C) groups is 2. The number of rotatable bonds is 5. The van der Waals surface area contributed by atoms with Crippen LogP contribution in [0.2, 0.25) is 0 Å². The van der Waals surface area contributed by atoms with Crippen molar-refractivity contribution in [1.29, 1.82) is 0 Å². The minimum Gasteiger partial charge on any atom is -0.233 e. The summed E-state index contributed by atoms with van der Waals surface area (Å²) in [6.07, 6.45) is 0. The lowest BCUT2D eigenvalue weighted by Gasteiger charge is -2.30. The van der Waals surface area contributed by atoms with Crippen molar-refractivity contribution in [2.24, 2.45) is 9.98 Å². The maximum atomic E-state index is 5.27. The quantitative estimate of drug-likeness (QED) is 0.132. The fourth-order valence-corrected chi connectivity index (χ4v) is 7.97. The van der Waals surface area contributed by atoms with Crippen LogP contribution in [0.15, 0.2) is 192 Å². The number of amidine groups is 1. The van der Waals surface area contributed by atoms with Crippen LogP contribution in [0.25, 0.3) is 39.1 Å². The fourth-order valence-electron chi connectivity index (χ4n) is 7.97. The van der Waals surface area contributed by atoms with Gasteiger partial charge in [0.15, 0.2) is 5.84 Å². The largest absolute Gasteiger partial charge is 0.233 e. The van der Waals surface area contributed by atoms with E-state index in [4.69, 9.17) is 9.98 Å². The molecule has 7 aromatic rings. The molecule has 236 valence electrons. The Bertz CT molecular complexity index is 2420. The minimum atomic E-state index is -0.442. The van der Waals surface area contributed by atoms with Gasteiger partial charge in [0.25, 0.3) is 0 Å². The van der Waals surface area contributed by atoms with Crippen LogP contribution in [0.3, 0.4) is 0 Å². The molecule has 0 aliphatic heterocycles. The average molecular weight is 639 g/mol. The van der Waals surface area contributed by atoms with Crippen molar-refractivity contribution in [3.63, 3.8) is 0 Å². The lowest BCUT2D eigenvalue weighted by atomic mass is 9.70. The van der Waals surface area contributed by atoms with Crippen LogP contribution in [0.4, 0.5) is 0 Å². The van der Waals surface area contributed by atoms with Gasteiger partial charge in [-0.05, 0) is 79.8 Å². The Labute approximate surface area is 293 Å².